The zero-order chi connectivity index (χ0) is 15.5. The molecule has 1 aromatic carbocycles. The van der Waals surface area contributed by atoms with Crippen LogP contribution >= 0.6 is 23.1 Å². The molecule has 0 aliphatic carbocycles. The minimum Gasteiger partial charge on any atom is -0.354 e. The van der Waals surface area contributed by atoms with E-state index < -0.39 is 0 Å². The van der Waals surface area contributed by atoms with Gasteiger partial charge in [-0.3, -0.25) is 9.59 Å². The van der Waals surface area contributed by atoms with Gasteiger partial charge in [0.15, 0.2) is 0 Å². The summed E-state index contributed by atoms with van der Waals surface area (Å²) >= 11 is 3.20. The van der Waals surface area contributed by atoms with Gasteiger partial charge in [0.05, 0.1) is 26.9 Å². The van der Waals surface area contributed by atoms with Crippen molar-refractivity contribution in [1.82, 2.24) is 15.2 Å². The maximum atomic E-state index is 11.9. The number of rotatable bonds is 5. The molecule has 1 aliphatic heterocycles. The number of carbonyl (C=O) groups excluding carboxylic acids is 2. The molecule has 0 saturated carbocycles. The summed E-state index contributed by atoms with van der Waals surface area (Å²) in [5, 5.41) is 3.92. The highest BCUT2D eigenvalue weighted by atomic mass is 32.2. The van der Waals surface area contributed by atoms with Crippen molar-refractivity contribution in [3.63, 3.8) is 0 Å². The van der Waals surface area contributed by atoms with Crippen LogP contribution in [-0.2, 0) is 9.59 Å². The summed E-state index contributed by atoms with van der Waals surface area (Å²) in [4.78, 5) is 29.6. The average Bonchev–Trinajstić information content (AvgIpc) is 3.11. The van der Waals surface area contributed by atoms with Gasteiger partial charge in [0.25, 0.3) is 0 Å². The zero-order valence-corrected chi connectivity index (χ0v) is 13.9. The standard InChI is InChI=1S/C15H17N3O2S2/c1-10(15-17-11-4-2-3-5-12(11)22-15)6-16-13(19)7-18-9-21-8-14(18)20/h2-5,10H,6-9H2,1H3,(H,16,19). The van der Waals surface area contributed by atoms with E-state index in [0.717, 1.165) is 15.2 Å². The molecule has 1 saturated heterocycles. The Bertz CT molecular complexity index is 668. The number of nitrogens with zero attached hydrogens (tertiary/aromatic N) is 2. The van der Waals surface area contributed by atoms with Crippen LogP contribution < -0.4 is 5.32 Å². The van der Waals surface area contributed by atoms with Gasteiger partial charge in [-0.05, 0) is 12.1 Å². The maximum Gasteiger partial charge on any atom is 0.239 e. The second-order valence-corrected chi connectivity index (χ2v) is 7.31. The lowest BCUT2D eigenvalue weighted by molar-refractivity contribution is -0.132. The fourth-order valence-electron chi connectivity index (χ4n) is 2.22. The van der Waals surface area contributed by atoms with E-state index in [1.54, 1.807) is 28.0 Å². The van der Waals surface area contributed by atoms with Crippen LogP contribution in [-0.4, -0.2) is 46.4 Å². The van der Waals surface area contributed by atoms with E-state index in [-0.39, 0.29) is 24.3 Å². The number of carbonyl (C=O) groups is 2. The molecule has 2 aromatic rings. The smallest absolute Gasteiger partial charge is 0.239 e. The fraction of sp³-hybridized carbons (Fsp3) is 0.400. The van der Waals surface area contributed by atoms with E-state index in [2.05, 4.69) is 23.3 Å². The number of benzene rings is 1. The number of aromatic nitrogens is 1. The summed E-state index contributed by atoms with van der Waals surface area (Å²) in [6.45, 7) is 2.74. The fourth-order valence-corrected chi connectivity index (χ4v) is 4.15. The lowest BCUT2D eigenvalue weighted by Gasteiger charge is -2.15. The van der Waals surface area contributed by atoms with Crippen LogP contribution in [0.5, 0.6) is 0 Å². The highest BCUT2D eigenvalue weighted by Crippen LogP contribution is 2.26. The summed E-state index contributed by atoms with van der Waals surface area (Å²) in [5.74, 6) is 1.18. The van der Waals surface area contributed by atoms with Gasteiger partial charge >= 0.3 is 0 Å². The number of nitrogens with one attached hydrogen (secondary N) is 1. The van der Waals surface area contributed by atoms with Crippen LogP contribution in [0.4, 0.5) is 0 Å². The number of thiazole rings is 1. The number of fused-ring (bicyclic) bond motifs is 1. The van der Waals surface area contributed by atoms with Gasteiger partial charge in [0.2, 0.25) is 11.8 Å². The molecule has 2 amide bonds. The van der Waals surface area contributed by atoms with E-state index >= 15 is 0 Å². The van der Waals surface area contributed by atoms with Crippen molar-refractivity contribution in [2.45, 2.75) is 12.8 Å². The van der Waals surface area contributed by atoms with E-state index in [9.17, 15) is 9.59 Å². The molecule has 1 N–H and O–H groups in total. The molecule has 22 heavy (non-hydrogen) atoms. The first-order chi connectivity index (χ1) is 10.6. The molecule has 1 atom stereocenters. The normalized spacial score (nSPS) is 16.2. The Hall–Kier alpha value is -1.60. The largest absolute Gasteiger partial charge is 0.354 e. The van der Waals surface area contributed by atoms with E-state index in [1.165, 1.54) is 0 Å². The van der Waals surface area contributed by atoms with Crippen LogP contribution in [0.1, 0.15) is 17.8 Å². The monoisotopic (exact) mass is 335 g/mol. The molecule has 0 radical (unpaired) electrons. The third kappa shape index (κ3) is 3.41. The quantitative estimate of drug-likeness (QED) is 0.908. The minimum atomic E-state index is -0.108. The maximum absolute atomic E-state index is 11.9. The van der Waals surface area contributed by atoms with Gasteiger partial charge in [0, 0.05) is 12.5 Å². The van der Waals surface area contributed by atoms with Gasteiger partial charge in [0.1, 0.15) is 6.54 Å². The van der Waals surface area contributed by atoms with Crippen LogP contribution in [0.15, 0.2) is 24.3 Å². The first kappa shape index (κ1) is 15.3. The topological polar surface area (TPSA) is 62.3 Å². The predicted molar refractivity (Wildman–Crippen MR) is 90.1 cm³/mol. The molecule has 1 fully saturated rings. The Balaban J connectivity index is 1.54. The number of hydrogen-bond donors (Lipinski definition) is 1. The minimum absolute atomic E-state index is 0.0411. The van der Waals surface area contributed by atoms with Crippen molar-refractivity contribution in [1.29, 1.82) is 0 Å². The summed E-state index contributed by atoms with van der Waals surface area (Å²) in [7, 11) is 0. The second kappa shape index (κ2) is 6.66. The molecule has 3 rings (SSSR count). The van der Waals surface area contributed by atoms with E-state index in [4.69, 9.17) is 0 Å². The highest BCUT2D eigenvalue weighted by Gasteiger charge is 2.23. The lowest BCUT2D eigenvalue weighted by Crippen LogP contribution is -2.39. The van der Waals surface area contributed by atoms with Gasteiger partial charge in [-0.2, -0.15) is 0 Å². The predicted octanol–water partition coefficient (Wildman–Crippen LogP) is 2.05. The van der Waals surface area contributed by atoms with Gasteiger partial charge in [-0.1, -0.05) is 19.1 Å². The molecule has 5 nitrogen and oxygen atoms in total. The Morgan fingerprint density at radius 1 is 1.45 bits per heavy atom. The summed E-state index contributed by atoms with van der Waals surface area (Å²) in [6.07, 6.45) is 0. The van der Waals surface area contributed by atoms with Crippen molar-refractivity contribution in [2.24, 2.45) is 0 Å². The summed E-state index contributed by atoms with van der Waals surface area (Å²) < 4.78 is 1.16. The molecule has 2 heterocycles. The van der Waals surface area contributed by atoms with Crippen LogP contribution in [0.3, 0.4) is 0 Å². The Morgan fingerprint density at radius 2 is 2.27 bits per heavy atom. The lowest BCUT2D eigenvalue weighted by atomic mass is 10.2. The molecule has 0 bridgehead atoms. The Kier molecular flexibility index (Phi) is 4.63. The second-order valence-electron chi connectivity index (χ2n) is 5.29. The summed E-state index contributed by atoms with van der Waals surface area (Å²) in [6, 6.07) is 8.03. The van der Waals surface area contributed by atoms with Crippen molar-refractivity contribution in [2.75, 3.05) is 24.7 Å². The van der Waals surface area contributed by atoms with Crippen LogP contribution in [0.2, 0.25) is 0 Å². The molecule has 116 valence electrons. The molecule has 1 aliphatic rings. The average molecular weight is 335 g/mol. The van der Waals surface area contributed by atoms with Gasteiger partial charge in [-0.15, -0.1) is 23.1 Å². The Morgan fingerprint density at radius 3 is 3.00 bits per heavy atom. The highest BCUT2D eigenvalue weighted by molar-refractivity contribution is 8.00. The van der Waals surface area contributed by atoms with Crippen molar-refractivity contribution in [3.8, 4) is 0 Å². The first-order valence-corrected chi connectivity index (χ1v) is 9.08. The number of thioether (sulfide) groups is 1. The molecule has 7 heteroatoms. The molecule has 0 spiro atoms. The third-order valence-electron chi connectivity index (χ3n) is 3.50. The van der Waals surface area contributed by atoms with Crippen molar-refractivity contribution < 1.29 is 9.59 Å². The third-order valence-corrected chi connectivity index (χ3v) is 5.71. The molecular formula is C15H17N3O2S2. The van der Waals surface area contributed by atoms with Crippen LogP contribution in [0.25, 0.3) is 10.2 Å². The molecular weight excluding hydrogens is 318 g/mol. The van der Waals surface area contributed by atoms with Crippen molar-refractivity contribution in [3.05, 3.63) is 29.3 Å². The van der Waals surface area contributed by atoms with Gasteiger partial charge in [-0.25, -0.2) is 4.98 Å². The number of hydrogen-bond acceptors (Lipinski definition) is 5. The van der Waals surface area contributed by atoms with Crippen LogP contribution in [0, 0.1) is 0 Å². The first-order valence-electron chi connectivity index (χ1n) is 7.11. The Labute approximate surface area is 137 Å². The van der Waals surface area contributed by atoms with E-state index in [1.807, 2.05) is 18.2 Å². The zero-order valence-electron chi connectivity index (χ0n) is 12.2. The number of para-hydroxylation sites is 1. The van der Waals surface area contributed by atoms with E-state index in [0.29, 0.717) is 18.2 Å². The number of amides is 2. The summed E-state index contributed by atoms with van der Waals surface area (Å²) in [5.41, 5.74) is 1.00. The van der Waals surface area contributed by atoms with Crippen molar-refractivity contribution >= 4 is 45.1 Å². The molecule has 1 aromatic heterocycles. The van der Waals surface area contributed by atoms with Gasteiger partial charge < -0.3 is 10.2 Å². The SMILES string of the molecule is CC(CNC(=O)CN1CSCC1=O)c1nc2ccccc2s1. The molecule has 1 unspecified atom stereocenters.